The molecule has 0 aliphatic heterocycles. The number of nitro benzene ring substituents is 1. The van der Waals surface area contributed by atoms with Gasteiger partial charge in [-0.25, -0.2) is 0 Å². The average Bonchev–Trinajstić information content (AvgIpc) is 2.48. The molecule has 5 nitrogen and oxygen atoms in total. The molecule has 0 unspecified atom stereocenters. The first-order valence-corrected chi connectivity index (χ1v) is 6.24. The zero-order valence-corrected chi connectivity index (χ0v) is 11.3. The van der Waals surface area contributed by atoms with Crippen molar-refractivity contribution in [3.63, 3.8) is 0 Å². The molecule has 0 aliphatic carbocycles. The Morgan fingerprint density at radius 2 is 1.85 bits per heavy atom. The van der Waals surface area contributed by atoms with Crippen molar-refractivity contribution < 1.29 is 14.4 Å². The molecule has 0 bridgehead atoms. The number of nitro groups is 1. The van der Waals surface area contributed by atoms with Crippen LogP contribution in [0.4, 0.5) is 5.69 Å². The molecule has 0 fully saturated rings. The highest BCUT2D eigenvalue weighted by molar-refractivity contribution is 5.51. The van der Waals surface area contributed by atoms with Crippen LogP contribution in [0.15, 0.2) is 42.5 Å². The van der Waals surface area contributed by atoms with E-state index in [4.69, 9.17) is 9.47 Å². The molecule has 0 heterocycles. The fourth-order valence-corrected chi connectivity index (χ4v) is 1.83. The van der Waals surface area contributed by atoms with E-state index in [-0.39, 0.29) is 11.4 Å². The Kier molecular flexibility index (Phi) is 4.20. The van der Waals surface area contributed by atoms with Crippen LogP contribution in [0.5, 0.6) is 17.2 Å². The number of benzene rings is 2. The van der Waals surface area contributed by atoms with Crippen molar-refractivity contribution in [1.82, 2.24) is 0 Å². The monoisotopic (exact) mass is 273 g/mol. The van der Waals surface area contributed by atoms with Gasteiger partial charge >= 0.3 is 5.69 Å². The lowest BCUT2D eigenvalue weighted by Crippen LogP contribution is -1.95. The summed E-state index contributed by atoms with van der Waals surface area (Å²) >= 11 is 0. The molecule has 2 aromatic rings. The summed E-state index contributed by atoms with van der Waals surface area (Å²) in [5.74, 6) is 1.21. The lowest BCUT2D eigenvalue weighted by atomic mass is 10.1. The maximum Gasteiger partial charge on any atom is 0.311 e. The van der Waals surface area contributed by atoms with Gasteiger partial charge in [-0.2, -0.15) is 0 Å². The van der Waals surface area contributed by atoms with E-state index in [0.29, 0.717) is 11.5 Å². The average molecular weight is 273 g/mol. The van der Waals surface area contributed by atoms with Crippen molar-refractivity contribution in [3.8, 4) is 17.2 Å². The third-order valence-corrected chi connectivity index (χ3v) is 2.92. The number of hydrogen-bond donors (Lipinski definition) is 0. The Hall–Kier alpha value is -2.56. The van der Waals surface area contributed by atoms with Crippen LogP contribution in [-0.4, -0.2) is 12.0 Å². The minimum atomic E-state index is -0.470. The third kappa shape index (κ3) is 2.88. The standard InChI is InChI=1S/C15H15NO4/c1-3-11-8-9-14(15(10-11)19-2)20-13-7-5-4-6-12(13)16(17)18/h4-10H,3H2,1-2H3. The van der Waals surface area contributed by atoms with Gasteiger partial charge in [0.2, 0.25) is 5.75 Å². The first-order valence-electron chi connectivity index (χ1n) is 6.24. The van der Waals surface area contributed by atoms with E-state index in [1.54, 1.807) is 31.4 Å². The van der Waals surface area contributed by atoms with E-state index in [1.165, 1.54) is 6.07 Å². The number of hydrogen-bond acceptors (Lipinski definition) is 4. The SMILES string of the molecule is CCc1ccc(Oc2ccccc2[N+](=O)[O-])c(OC)c1. The topological polar surface area (TPSA) is 61.6 Å². The molecule has 5 heteroatoms. The van der Waals surface area contributed by atoms with Crippen molar-refractivity contribution in [2.75, 3.05) is 7.11 Å². The molecule has 0 saturated heterocycles. The summed E-state index contributed by atoms with van der Waals surface area (Å²) in [5.41, 5.74) is 1.03. The first-order chi connectivity index (χ1) is 9.65. The molecule has 2 rings (SSSR count). The molecule has 0 amide bonds. The number of methoxy groups -OCH3 is 1. The van der Waals surface area contributed by atoms with E-state index in [2.05, 4.69) is 0 Å². The summed E-state index contributed by atoms with van der Waals surface area (Å²) < 4.78 is 10.9. The van der Waals surface area contributed by atoms with E-state index in [9.17, 15) is 10.1 Å². The van der Waals surface area contributed by atoms with E-state index in [0.717, 1.165) is 12.0 Å². The quantitative estimate of drug-likeness (QED) is 0.611. The van der Waals surface area contributed by atoms with Gasteiger partial charge in [0.15, 0.2) is 11.5 Å². The van der Waals surface area contributed by atoms with Gasteiger partial charge in [-0.1, -0.05) is 25.1 Å². The van der Waals surface area contributed by atoms with Crippen molar-refractivity contribution in [1.29, 1.82) is 0 Å². The number of rotatable bonds is 5. The number of nitrogens with zero attached hydrogens (tertiary/aromatic N) is 1. The summed E-state index contributed by atoms with van der Waals surface area (Å²) in [6.07, 6.45) is 0.877. The van der Waals surface area contributed by atoms with Gasteiger partial charge in [0, 0.05) is 6.07 Å². The van der Waals surface area contributed by atoms with Crippen LogP contribution >= 0.6 is 0 Å². The van der Waals surface area contributed by atoms with Gasteiger partial charge in [0.25, 0.3) is 0 Å². The van der Waals surface area contributed by atoms with Crippen LogP contribution < -0.4 is 9.47 Å². The highest BCUT2D eigenvalue weighted by Crippen LogP contribution is 2.36. The zero-order chi connectivity index (χ0) is 14.5. The van der Waals surface area contributed by atoms with Crippen LogP contribution in [0, 0.1) is 10.1 Å². The maximum atomic E-state index is 11.0. The van der Waals surface area contributed by atoms with Gasteiger partial charge in [0.1, 0.15) is 0 Å². The second-order valence-electron chi connectivity index (χ2n) is 4.17. The lowest BCUT2D eigenvalue weighted by molar-refractivity contribution is -0.385. The van der Waals surface area contributed by atoms with E-state index in [1.807, 2.05) is 19.1 Å². The minimum absolute atomic E-state index is 0.0749. The number of para-hydroxylation sites is 2. The summed E-state index contributed by atoms with van der Waals surface area (Å²) in [6.45, 7) is 2.04. The molecule has 0 radical (unpaired) electrons. The van der Waals surface area contributed by atoms with Crippen molar-refractivity contribution in [2.45, 2.75) is 13.3 Å². The second kappa shape index (κ2) is 6.06. The highest BCUT2D eigenvalue weighted by atomic mass is 16.6. The predicted molar refractivity (Wildman–Crippen MR) is 75.5 cm³/mol. The second-order valence-corrected chi connectivity index (χ2v) is 4.17. The smallest absolute Gasteiger partial charge is 0.311 e. The van der Waals surface area contributed by atoms with Crippen LogP contribution in [-0.2, 0) is 6.42 Å². The summed E-state index contributed by atoms with van der Waals surface area (Å²) in [4.78, 5) is 10.5. The number of aryl methyl sites for hydroxylation is 1. The van der Waals surface area contributed by atoms with Gasteiger partial charge in [0.05, 0.1) is 12.0 Å². The Morgan fingerprint density at radius 1 is 1.10 bits per heavy atom. The zero-order valence-electron chi connectivity index (χ0n) is 11.3. The molecule has 0 aromatic heterocycles. The Bertz CT molecular complexity index is 625. The lowest BCUT2D eigenvalue weighted by Gasteiger charge is -2.11. The fraction of sp³-hybridized carbons (Fsp3) is 0.200. The Balaban J connectivity index is 2.37. The Morgan fingerprint density at radius 3 is 2.50 bits per heavy atom. The molecule has 0 saturated carbocycles. The first kappa shape index (κ1) is 13.9. The molecular weight excluding hydrogens is 258 g/mol. The molecular formula is C15H15NO4. The summed E-state index contributed by atoms with van der Waals surface area (Å²) in [7, 11) is 1.54. The fourth-order valence-electron chi connectivity index (χ4n) is 1.83. The molecule has 0 atom stereocenters. The van der Waals surface area contributed by atoms with Gasteiger partial charge in [-0.05, 0) is 30.2 Å². The normalized spacial score (nSPS) is 10.1. The van der Waals surface area contributed by atoms with Gasteiger partial charge in [-0.15, -0.1) is 0 Å². The van der Waals surface area contributed by atoms with Crippen LogP contribution in [0.25, 0.3) is 0 Å². The summed E-state index contributed by atoms with van der Waals surface area (Å²) in [5, 5.41) is 11.0. The van der Waals surface area contributed by atoms with Crippen molar-refractivity contribution >= 4 is 5.69 Å². The molecule has 104 valence electrons. The Labute approximate surface area is 116 Å². The highest BCUT2D eigenvalue weighted by Gasteiger charge is 2.16. The summed E-state index contributed by atoms with van der Waals surface area (Å²) in [6, 6.07) is 11.8. The van der Waals surface area contributed by atoms with Crippen molar-refractivity contribution in [2.24, 2.45) is 0 Å². The van der Waals surface area contributed by atoms with Crippen LogP contribution in [0.2, 0.25) is 0 Å². The van der Waals surface area contributed by atoms with Gasteiger partial charge < -0.3 is 9.47 Å². The van der Waals surface area contributed by atoms with Gasteiger partial charge in [-0.3, -0.25) is 10.1 Å². The largest absolute Gasteiger partial charge is 0.493 e. The molecule has 0 spiro atoms. The minimum Gasteiger partial charge on any atom is -0.493 e. The molecule has 2 aromatic carbocycles. The molecule has 0 aliphatic rings. The van der Waals surface area contributed by atoms with Crippen molar-refractivity contribution in [3.05, 3.63) is 58.1 Å². The van der Waals surface area contributed by atoms with E-state index < -0.39 is 4.92 Å². The van der Waals surface area contributed by atoms with Crippen LogP contribution in [0.3, 0.4) is 0 Å². The van der Waals surface area contributed by atoms with Crippen LogP contribution in [0.1, 0.15) is 12.5 Å². The number of ether oxygens (including phenoxy) is 2. The van der Waals surface area contributed by atoms with E-state index >= 15 is 0 Å². The molecule has 20 heavy (non-hydrogen) atoms. The maximum absolute atomic E-state index is 11.0. The predicted octanol–water partition coefficient (Wildman–Crippen LogP) is 3.96. The third-order valence-electron chi connectivity index (χ3n) is 2.92. The molecule has 0 N–H and O–H groups in total.